The van der Waals surface area contributed by atoms with Crippen LogP contribution >= 0.6 is 0 Å². The third kappa shape index (κ3) is 4.98. The van der Waals surface area contributed by atoms with Crippen molar-refractivity contribution >= 4 is 29.1 Å². The van der Waals surface area contributed by atoms with E-state index < -0.39 is 34.9 Å². The fourth-order valence-corrected chi connectivity index (χ4v) is 4.16. The zero-order valence-corrected chi connectivity index (χ0v) is 18.5. The van der Waals surface area contributed by atoms with Crippen LogP contribution in [0.2, 0.25) is 0 Å². The van der Waals surface area contributed by atoms with Gasteiger partial charge in [0.2, 0.25) is 11.8 Å². The molecular weight excluding hydrogens is 442 g/mol. The lowest BCUT2D eigenvalue weighted by Crippen LogP contribution is -2.45. The minimum absolute atomic E-state index is 0.163. The third-order valence-corrected chi connectivity index (χ3v) is 5.79. The highest BCUT2D eigenvalue weighted by molar-refractivity contribution is 6.16. The van der Waals surface area contributed by atoms with Crippen LogP contribution in [-0.4, -0.2) is 29.8 Å². The molecule has 4 rings (SSSR count). The Balaban J connectivity index is 1.75. The average Bonchev–Trinajstić information content (AvgIpc) is 3.07. The summed E-state index contributed by atoms with van der Waals surface area (Å²) < 4.78 is 27.0. The fraction of sp³-hybridized carbons (Fsp3) is 0.240. The number of nitrogens with one attached hydrogen (secondary N) is 4. The van der Waals surface area contributed by atoms with Gasteiger partial charge >= 0.3 is 0 Å². The fourth-order valence-electron chi connectivity index (χ4n) is 4.16. The Kier molecular flexibility index (Phi) is 6.45. The molecule has 7 nitrogen and oxygen atoms in total. The lowest BCUT2D eigenvalue weighted by atomic mass is 9.78. The number of fused-ring (bicyclic) bond motifs is 1. The van der Waals surface area contributed by atoms with Gasteiger partial charge in [0, 0.05) is 36.1 Å². The minimum atomic E-state index is -1.00. The third-order valence-electron chi connectivity index (χ3n) is 5.79. The van der Waals surface area contributed by atoms with Gasteiger partial charge in [-0.05, 0) is 73.5 Å². The second-order valence-corrected chi connectivity index (χ2v) is 8.30. The van der Waals surface area contributed by atoms with Crippen molar-refractivity contribution < 1.29 is 23.2 Å². The van der Waals surface area contributed by atoms with Gasteiger partial charge in [-0.3, -0.25) is 19.7 Å². The first-order valence-electron chi connectivity index (χ1n) is 10.9. The predicted octanol–water partition coefficient (Wildman–Crippen LogP) is 3.24. The molecule has 2 aromatic rings. The summed E-state index contributed by atoms with van der Waals surface area (Å²) in [5.41, 5.74) is 1.06. The number of hydrogen-bond donors (Lipinski definition) is 4. The molecule has 1 aliphatic heterocycles. The molecule has 0 spiro atoms. The molecule has 1 saturated heterocycles. The molecular formula is C25H24F2N4O3. The molecule has 3 amide bonds. The molecule has 1 aliphatic carbocycles. The van der Waals surface area contributed by atoms with Gasteiger partial charge in [-0.1, -0.05) is 0 Å². The topological polar surface area (TPSA) is 99.3 Å². The van der Waals surface area contributed by atoms with Gasteiger partial charge in [-0.15, -0.1) is 0 Å². The van der Waals surface area contributed by atoms with Crippen LogP contribution in [0.5, 0.6) is 0 Å². The van der Waals surface area contributed by atoms with Crippen LogP contribution in [0.1, 0.15) is 19.8 Å². The summed E-state index contributed by atoms with van der Waals surface area (Å²) in [6.07, 6.45) is 4.33. The number of imide groups is 1. The Bertz CT molecular complexity index is 1180. The Morgan fingerprint density at radius 1 is 1.00 bits per heavy atom. The quantitative estimate of drug-likeness (QED) is 0.354. The first-order valence-corrected chi connectivity index (χ1v) is 10.9. The van der Waals surface area contributed by atoms with Gasteiger partial charge < -0.3 is 16.0 Å². The highest BCUT2D eigenvalue weighted by Crippen LogP contribution is 2.39. The molecule has 0 bridgehead atoms. The van der Waals surface area contributed by atoms with Crippen molar-refractivity contribution in [2.75, 3.05) is 17.2 Å². The Hall–Kier alpha value is -4.01. The smallest absolute Gasteiger partial charge is 0.254 e. The van der Waals surface area contributed by atoms with E-state index in [9.17, 15) is 23.2 Å². The lowest BCUT2D eigenvalue weighted by molar-refractivity contribution is -0.125. The maximum atomic E-state index is 13.5. The summed E-state index contributed by atoms with van der Waals surface area (Å²) >= 11 is 0. The van der Waals surface area contributed by atoms with Gasteiger partial charge in [-0.2, -0.15) is 0 Å². The summed E-state index contributed by atoms with van der Waals surface area (Å²) in [6.45, 7) is 1.82. The SMILES string of the molecule is CC(=O)NCCCC1(Nc2ccc(F)cc2)C=C2C(=O)NC(=O)C2C=C1Nc1ccc(F)cc1. The van der Waals surface area contributed by atoms with E-state index >= 15 is 0 Å². The summed E-state index contributed by atoms with van der Waals surface area (Å²) in [5.74, 6) is -2.62. The molecule has 2 aliphatic rings. The summed E-state index contributed by atoms with van der Waals surface area (Å²) in [5, 5.41) is 11.7. The number of carbonyl (C=O) groups is 3. The van der Waals surface area contributed by atoms with E-state index in [4.69, 9.17) is 0 Å². The molecule has 34 heavy (non-hydrogen) atoms. The molecule has 2 unspecified atom stereocenters. The van der Waals surface area contributed by atoms with Crippen LogP contribution in [0.3, 0.4) is 0 Å². The highest BCUT2D eigenvalue weighted by Gasteiger charge is 2.45. The minimum Gasteiger partial charge on any atom is -0.371 e. The Morgan fingerprint density at radius 3 is 2.24 bits per heavy atom. The lowest BCUT2D eigenvalue weighted by Gasteiger charge is -2.39. The first kappa shape index (κ1) is 23.2. The van der Waals surface area contributed by atoms with E-state index in [0.717, 1.165) is 0 Å². The van der Waals surface area contributed by atoms with Crippen LogP contribution < -0.4 is 21.3 Å². The molecule has 2 aromatic carbocycles. The van der Waals surface area contributed by atoms with Crippen LogP contribution in [0.4, 0.5) is 20.2 Å². The van der Waals surface area contributed by atoms with Crippen molar-refractivity contribution in [1.29, 1.82) is 0 Å². The molecule has 9 heteroatoms. The zero-order chi connectivity index (χ0) is 24.3. The van der Waals surface area contributed by atoms with E-state index in [1.807, 2.05) is 0 Å². The van der Waals surface area contributed by atoms with Gasteiger partial charge in [0.25, 0.3) is 5.91 Å². The van der Waals surface area contributed by atoms with Crippen LogP contribution in [0.15, 0.2) is 72.0 Å². The molecule has 1 heterocycles. The van der Waals surface area contributed by atoms with E-state index in [-0.39, 0.29) is 5.91 Å². The molecule has 4 N–H and O–H groups in total. The van der Waals surface area contributed by atoms with Crippen molar-refractivity contribution in [3.8, 4) is 0 Å². The van der Waals surface area contributed by atoms with Gasteiger partial charge in [0.1, 0.15) is 11.6 Å². The van der Waals surface area contributed by atoms with Crippen molar-refractivity contribution in [1.82, 2.24) is 10.6 Å². The average molecular weight is 466 g/mol. The second kappa shape index (κ2) is 9.46. The number of amides is 3. The van der Waals surface area contributed by atoms with Crippen molar-refractivity contribution in [3.05, 3.63) is 83.6 Å². The van der Waals surface area contributed by atoms with E-state index in [1.165, 1.54) is 31.2 Å². The number of anilines is 2. The van der Waals surface area contributed by atoms with Crippen LogP contribution in [0, 0.1) is 17.6 Å². The monoisotopic (exact) mass is 466 g/mol. The number of rotatable bonds is 8. The number of halogens is 2. The standard InChI is InChI=1S/C25H24F2N4O3/c1-15(32)28-12-2-11-25(31-19-9-5-17(27)6-10-19)14-21-20(23(33)30-24(21)34)13-22(25)29-18-7-3-16(26)4-8-18/h3-10,13-14,20,29,31H,2,11-12H2,1H3,(H,28,32)(H,30,33,34). The van der Waals surface area contributed by atoms with Gasteiger partial charge in [0.15, 0.2) is 0 Å². The van der Waals surface area contributed by atoms with Crippen molar-refractivity contribution in [2.24, 2.45) is 5.92 Å². The second-order valence-electron chi connectivity index (χ2n) is 8.30. The Morgan fingerprint density at radius 2 is 1.62 bits per heavy atom. The summed E-state index contributed by atoms with van der Waals surface area (Å²) in [7, 11) is 0. The van der Waals surface area contributed by atoms with Crippen LogP contribution in [0.25, 0.3) is 0 Å². The molecule has 0 aromatic heterocycles. The van der Waals surface area contributed by atoms with Crippen molar-refractivity contribution in [3.63, 3.8) is 0 Å². The molecule has 176 valence electrons. The first-order chi connectivity index (χ1) is 16.3. The number of benzene rings is 2. The molecule has 0 saturated carbocycles. The van der Waals surface area contributed by atoms with E-state index in [1.54, 1.807) is 36.4 Å². The van der Waals surface area contributed by atoms with Gasteiger partial charge in [0.05, 0.1) is 11.5 Å². The highest BCUT2D eigenvalue weighted by atomic mass is 19.1. The normalized spacial score (nSPS) is 21.2. The predicted molar refractivity (Wildman–Crippen MR) is 123 cm³/mol. The maximum Gasteiger partial charge on any atom is 0.254 e. The van der Waals surface area contributed by atoms with Gasteiger partial charge in [-0.25, -0.2) is 8.78 Å². The number of carbonyl (C=O) groups excluding carboxylic acids is 3. The van der Waals surface area contributed by atoms with Crippen molar-refractivity contribution in [2.45, 2.75) is 25.3 Å². The summed E-state index contributed by atoms with van der Waals surface area (Å²) in [4.78, 5) is 36.2. The molecule has 0 radical (unpaired) electrons. The maximum absolute atomic E-state index is 13.5. The van der Waals surface area contributed by atoms with E-state index in [0.29, 0.717) is 42.0 Å². The zero-order valence-electron chi connectivity index (χ0n) is 18.5. The van der Waals surface area contributed by atoms with Crippen LogP contribution in [-0.2, 0) is 14.4 Å². The molecule has 1 fully saturated rings. The molecule has 2 atom stereocenters. The van der Waals surface area contributed by atoms with E-state index in [2.05, 4.69) is 21.3 Å². The number of hydrogen-bond acceptors (Lipinski definition) is 5. The largest absolute Gasteiger partial charge is 0.371 e. The Labute approximate surface area is 195 Å². The summed E-state index contributed by atoms with van der Waals surface area (Å²) in [6, 6.07) is 11.5.